The summed E-state index contributed by atoms with van der Waals surface area (Å²) in [6.07, 6.45) is 14.8. The number of ketones is 1. The van der Waals surface area contributed by atoms with Gasteiger partial charge in [-0.1, -0.05) is 64.3 Å². The Hall–Kier alpha value is -0.850. The summed E-state index contributed by atoms with van der Waals surface area (Å²) in [6, 6.07) is 0. The molecule has 2 fully saturated rings. The Morgan fingerprint density at radius 3 is 2.35 bits per heavy atom. The van der Waals surface area contributed by atoms with Gasteiger partial charge in [0, 0.05) is 11.8 Å². The minimum absolute atomic E-state index is 0.148. The first-order valence-corrected chi connectivity index (χ1v) is 13.3. The summed E-state index contributed by atoms with van der Waals surface area (Å²) in [5.74, 6) is 2.71. The van der Waals surface area contributed by atoms with Gasteiger partial charge in [-0.05, 0) is 106 Å². The topological polar surface area (TPSA) is 17.1 Å². The predicted molar refractivity (Wildman–Crippen MR) is 132 cm³/mol. The molecule has 6 atom stereocenters. The third-order valence-electron chi connectivity index (χ3n) is 11.4. The average Bonchev–Trinajstić information content (AvgIpc) is 2.96. The first-order valence-electron chi connectivity index (χ1n) is 13.3. The predicted octanol–water partition coefficient (Wildman–Crippen LogP) is 8.69. The summed E-state index contributed by atoms with van der Waals surface area (Å²) in [7, 11) is 0. The zero-order valence-electron chi connectivity index (χ0n) is 21.8. The number of Topliss-reactive ketones (excluding diaryl/α,β-unsaturated/α-hetero) is 1. The highest BCUT2D eigenvalue weighted by Crippen LogP contribution is 2.72. The standard InChI is InChI=1S/C30H48O/c1-20(2)10-9-11-21(3)22-14-18-30(8)24-12-13-25-27(4,5)26(31)16-17-28(25,6)23(24)15-19-29(22,30)7/h10,21-22,25H,9,11-19H2,1-8H3/t21?,22?,25?,28-,29-,30+/m1/s1. The van der Waals surface area contributed by atoms with Gasteiger partial charge in [-0.2, -0.15) is 0 Å². The van der Waals surface area contributed by atoms with Gasteiger partial charge < -0.3 is 0 Å². The Balaban J connectivity index is 1.66. The fourth-order valence-corrected chi connectivity index (χ4v) is 9.28. The van der Waals surface area contributed by atoms with Crippen LogP contribution in [0.5, 0.6) is 0 Å². The molecule has 4 aliphatic rings. The highest BCUT2D eigenvalue weighted by atomic mass is 16.1. The van der Waals surface area contributed by atoms with Gasteiger partial charge in [-0.3, -0.25) is 4.79 Å². The van der Waals surface area contributed by atoms with Crippen molar-refractivity contribution in [3.05, 3.63) is 22.8 Å². The van der Waals surface area contributed by atoms with Crippen molar-refractivity contribution in [3.8, 4) is 0 Å². The molecule has 0 aliphatic heterocycles. The smallest absolute Gasteiger partial charge is 0.138 e. The Labute approximate surface area is 192 Å². The van der Waals surface area contributed by atoms with Crippen molar-refractivity contribution in [1.29, 1.82) is 0 Å². The molecule has 0 heterocycles. The molecular weight excluding hydrogens is 376 g/mol. The number of fused-ring (bicyclic) bond motifs is 4. The van der Waals surface area contributed by atoms with E-state index in [-0.39, 0.29) is 10.8 Å². The SMILES string of the molecule is CC(C)=CCCC(C)C1CC[C@@]2(C)C3=C(CC[C@]12C)[C@@]1(C)CCC(=O)C(C)(C)C1CC3. The number of carbonyl (C=O) groups excluding carboxylic acids is 1. The molecule has 1 heteroatoms. The van der Waals surface area contributed by atoms with Gasteiger partial charge in [0.1, 0.15) is 5.78 Å². The van der Waals surface area contributed by atoms with Crippen LogP contribution in [0.1, 0.15) is 120 Å². The molecule has 0 bridgehead atoms. The summed E-state index contributed by atoms with van der Waals surface area (Å²) in [5.41, 5.74) is 6.04. The maximum atomic E-state index is 12.8. The molecule has 0 aromatic heterocycles. The van der Waals surface area contributed by atoms with E-state index in [2.05, 4.69) is 61.5 Å². The fourth-order valence-electron chi connectivity index (χ4n) is 9.28. The van der Waals surface area contributed by atoms with E-state index in [1.165, 1.54) is 56.9 Å². The summed E-state index contributed by atoms with van der Waals surface area (Å²) < 4.78 is 0. The first kappa shape index (κ1) is 23.3. The molecular formula is C30H48O. The van der Waals surface area contributed by atoms with Crippen molar-refractivity contribution in [2.45, 2.75) is 120 Å². The maximum Gasteiger partial charge on any atom is 0.138 e. The Morgan fingerprint density at radius 1 is 0.968 bits per heavy atom. The number of carbonyl (C=O) groups is 1. The zero-order chi connectivity index (χ0) is 22.8. The average molecular weight is 425 g/mol. The molecule has 2 saturated carbocycles. The van der Waals surface area contributed by atoms with Crippen LogP contribution in [-0.2, 0) is 4.79 Å². The quantitative estimate of drug-likeness (QED) is 0.412. The highest BCUT2D eigenvalue weighted by molar-refractivity contribution is 5.85. The first-order chi connectivity index (χ1) is 14.4. The molecule has 0 aromatic carbocycles. The van der Waals surface area contributed by atoms with E-state index < -0.39 is 0 Å². The Kier molecular flexibility index (Phi) is 5.71. The van der Waals surface area contributed by atoms with Crippen molar-refractivity contribution in [1.82, 2.24) is 0 Å². The lowest BCUT2D eigenvalue weighted by molar-refractivity contribution is -0.139. The molecule has 1 nitrogen and oxygen atoms in total. The van der Waals surface area contributed by atoms with Gasteiger partial charge in [-0.25, -0.2) is 0 Å². The van der Waals surface area contributed by atoms with Crippen LogP contribution in [0.2, 0.25) is 0 Å². The summed E-state index contributed by atoms with van der Waals surface area (Å²) in [6.45, 7) is 19.3. The minimum Gasteiger partial charge on any atom is -0.299 e. The monoisotopic (exact) mass is 424 g/mol. The van der Waals surface area contributed by atoms with Crippen molar-refractivity contribution in [2.24, 2.45) is 39.4 Å². The summed E-state index contributed by atoms with van der Waals surface area (Å²) >= 11 is 0. The van der Waals surface area contributed by atoms with Crippen LogP contribution in [0.4, 0.5) is 0 Å². The molecule has 0 spiro atoms. The normalized spacial score (nSPS) is 42.5. The lowest BCUT2D eigenvalue weighted by Gasteiger charge is -2.61. The van der Waals surface area contributed by atoms with Crippen molar-refractivity contribution < 1.29 is 4.79 Å². The lowest BCUT2D eigenvalue weighted by Crippen LogP contribution is -2.53. The molecule has 0 amide bonds. The van der Waals surface area contributed by atoms with Crippen molar-refractivity contribution in [3.63, 3.8) is 0 Å². The van der Waals surface area contributed by atoms with Crippen molar-refractivity contribution >= 4 is 5.78 Å². The fraction of sp³-hybridized carbons (Fsp3) is 0.833. The summed E-state index contributed by atoms with van der Waals surface area (Å²) in [4.78, 5) is 12.8. The third kappa shape index (κ3) is 3.26. The van der Waals surface area contributed by atoms with Crippen molar-refractivity contribution in [2.75, 3.05) is 0 Å². The van der Waals surface area contributed by atoms with Crippen LogP contribution in [0, 0.1) is 39.4 Å². The van der Waals surface area contributed by atoms with Crippen LogP contribution in [0.3, 0.4) is 0 Å². The van der Waals surface area contributed by atoms with Crippen LogP contribution in [0.15, 0.2) is 22.8 Å². The second-order valence-electron chi connectivity index (χ2n) is 13.3. The second kappa shape index (κ2) is 7.59. The molecule has 0 radical (unpaired) electrons. The highest BCUT2D eigenvalue weighted by Gasteiger charge is 2.63. The number of hydrogen-bond donors (Lipinski definition) is 0. The van der Waals surface area contributed by atoms with E-state index >= 15 is 0 Å². The molecule has 31 heavy (non-hydrogen) atoms. The van der Waals surface area contributed by atoms with Gasteiger partial charge in [0.05, 0.1) is 0 Å². The van der Waals surface area contributed by atoms with Gasteiger partial charge in [-0.15, -0.1) is 0 Å². The number of hydrogen-bond acceptors (Lipinski definition) is 1. The van der Waals surface area contributed by atoms with E-state index in [1.54, 1.807) is 0 Å². The third-order valence-corrected chi connectivity index (χ3v) is 11.4. The van der Waals surface area contributed by atoms with Gasteiger partial charge >= 0.3 is 0 Å². The lowest BCUT2D eigenvalue weighted by atomic mass is 9.43. The van der Waals surface area contributed by atoms with E-state index in [1.807, 2.05) is 11.1 Å². The van der Waals surface area contributed by atoms with Crippen LogP contribution >= 0.6 is 0 Å². The Bertz CT molecular complexity index is 808. The Morgan fingerprint density at radius 2 is 1.68 bits per heavy atom. The maximum absolute atomic E-state index is 12.8. The van der Waals surface area contributed by atoms with Gasteiger partial charge in [0.15, 0.2) is 0 Å². The van der Waals surface area contributed by atoms with Crippen LogP contribution in [0.25, 0.3) is 0 Å². The summed E-state index contributed by atoms with van der Waals surface area (Å²) in [5, 5.41) is 0. The molecule has 0 N–H and O–H groups in total. The molecule has 4 aliphatic carbocycles. The van der Waals surface area contributed by atoms with Crippen LogP contribution < -0.4 is 0 Å². The number of rotatable bonds is 4. The molecule has 4 rings (SSSR count). The minimum atomic E-state index is -0.148. The van der Waals surface area contributed by atoms with E-state index in [0.29, 0.717) is 22.5 Å². The number of allylic oxidation sites excluding steroid dienone is 4. The van der Waals surface area contributed by atoms with E-state index in [4.69, 9.17) is 0 Å². The van der Waals surface area contributed by atoms with Gasteiger partial charge in [0.2, 0.25) is 0 Å². The molecule has 0 aromatic rings. The largest absolute Gasteiger partial charge is 0.299 e. The van der Waals surface area contributed by atoms with E-state index in [0.717, 1.165) is 24.7 Å². The second-order valence-corrected chi connectivity index (χ2v) is 13.3. The molecule has 0 saturated heterocycles. The zero-order valence-corrected chi connectivity index (χ0v) is 21.8. The molecule has 3 unspecified atom stereocenters. The molecule has 174 valence electrons. The van der Waals surface area contributed by atoms with Crippen LogP contribution in [-0.4, -0.2) is 5.78 Å². The van der Waals surface area contributed by atoms with Gasteiger partial charge in [0.25, 0.3) is 0 Å². The van der Waals surface area contributed by atoms with E-state index in [9.17, 15) is 4.79 Å².